The lowest BCUT2D eigenvalue weighted by Gasteiger charge is -2.22. The van der Waals surface area contributed by atoms with Gasteiger partial charge in [0.15, 0.2) is 0 Å². The molecule has 5 heteroatoms. The standard InChI is InChI=1S/C15H24N2O3/c1-15(2,3)7-13(18)10-16-9-12-6-5-11(8-17-12)14(19)20-4/h5-6,8,13,16,18H,7,9-10H2,1-4H3. The Labute approximate surface area is 120 Å². The fourth-order valence-corrected chi connectivity index (χ4v) is 1.91. The van der Waals surface area contributed by atoms with E-state index in [0.29, 0.717) is 18.7 Å². The number of pyridine rings is 1. The molecule has 0 aliphatic heterocycles. The van der Waals surface area contributed by atoms with Crippen molar-refractivity contribution in [3.63, 3.8) is 0 Å². The molecule has 1 aromatic heterocycles. The number of hydrogen-bond donors (Lipinski definition) is 2. The number of methoxy groups -OCH3 is 1. The number of nitrogens with one attached hydrogen (secondary N) is 1. The van der Waals surface area contributed by atoms with Gasteiger partial charge in [-0.2, -0.15) is 0 Å². The minimum Gasteiger partial charge on any atom is -0.465 e. The van der Waals surface area contributed by atoms with Crippen LogP contribution in [0.4, 0.5) is 0 Å². The Morgan fingerprint density at radius 2 is 2.15 bits per heavy atom. The van der Waals surface area contributed by atoms with Gasteiger partial charge in [-0.25, -0.2) is 4.79 Å². The van der Waals surface area contributed by atoms with Crippen molar-refractivity contribution in [3.05, 3.63) is 29.6 Å². The van der Waals surface area contributed by atoms with Crippen LogP contribution in [0.25, 0.3) is 0 Å². The first-order valence-electron chi connectivity index (χ1n) is 6.74. The highest BCUT2D eigenvalue weighted by atomic mass is 16.5. The Kier molecular flexibility index (Phi) is 6.10. The molecule has 1 heterocycles. The number of ether oxygens (including phenoxy) is 1. The molecule has 0 aromatic carbocycles. The summed E-state index contributed by atoms with van der Waals surface area (Å²) in [5.74, 6) is -0.391. The molecular formula is C15H24N2O3. The summed E-state index contributed by atoms with van der Waals surface area (Å²) in [4.78, 5) is 15.4. The van der Waals surface area contributed by atoms with Crippen molar-refractivity contribution < 1.29 is 14.6 Å². The minimum absolute atomic E-state index is 0.113. The van der Waals surface area contributed by atoms with Crippen LogP contribution in [0.2, 0.25) is 0 Å². The van der Waals surface area contributed by atoms with Gasteiger partial charge in [-0.3, -0.25) is 4.98 Å². The number of carbonyl (C=O) groups excluding carboxylic acids is 1. The molecule has 0 bridgehead atoms. The number of esters is 1. The van der Waals surface area contributed by atoms with Gasteiger partial charge < -0.3 is 15.2 Å². The molecule has 0 fully saturated rings. The number of carbonyl (C=O) groups is 1. The van der Waals surface area contributed by atoms with Crippen molar-refractivity contribution in [1.29, 1.82) is 0 Å². The maximum atomic E-state index is 11.2. The molecule has 0 saturated carbocycles. The summed E-state index contributed by atoms with van der Waals surface area (Å²) < 4.78 is 4.61. The molecule has 20 heavy (non-hydrogen) atoms. The van der Waals surface area contributed by atoms with Crippen LogP contribution in [0.5, 0.6) is 0 Å². The van der Waals surface area contributed by atoms with Crippen molar-refractivity contribution in [2.75, 3.05) is 13.7 Å². The molecule has 0 spiro atoms. The maximum absolute atomic E-state index is 11.2. The molecule has 1 atom stereocenters. The molecule has 0 radical (unpaired) electrons. The number of aliphatic hydroxyl groups is 1. The third-order valence-corrected chi connectivity index (χ3v) is 2.78. The number of aromatic nitrogens is 1. The van der Waals surface area contributed by atoms with Crippen molar-refractivity contribution in [2.24, 2.45) is 5.41 Å². The lowest BCUT2D eigenvalue weighted by atomic mass is 9.89. The smallest absolute Gasteiger partial charge is 0.339 e. The normalized spacial score (nSPS) is 13.1. The molecular weight excluding hydrogens is 256 g/mol. The van der Waals surface area contributed by atoms with Gasteiger partial charge in [0.1, 0.15) is 0 Å². The Morgan fingerprint density at radius 3 is 2.65 bits per heavy atom. The zero-order chi connectivity index (χ0) is 15.2. The predicted molar refractivity (Wildman–Crippen MR) is 77.4 cm³/mol. The summed E-state index contributed by atoms with van der Waals surface area (Å²) in [6.45, 7) is 7.39. The van der Waals surface area contributed by atoms with Gasteiger partial charge in [0.2, 0.25) is 0 Å². The molecule has 0 aliphatic carbocycles. The SMILES string of the molecule is COC(=O)c1ccc(CNCC(O)CC(C)(C)C)nc1. The van der Waals surface area contributed by atoms with Crippen molar-refractivity contribution in [2.45, 2.75) is 39.8 Å². The van der Waals surface area contributed by atoms with Crippen molar-refractivity contribution in [3.8, 4) is 0 Å². The fraction of sp³-hybridized carbons (Fsp3) is 0.600. The van der Waals surface area contributed by atoms with Gasteiger partial charge in [0, 0.05) is 19.3 Å². The third-order valence-electron chi connectivity index (χ3n) is 2.78. The second-order valence-corrected chi connectivity index (χ2v) is 6.08. The molecule has 1 unspecified atom stereocenters. The average Bonchev–Trinajstić information content (AvgIpc) is 2.36. The zero-order valence-electron chi connectivity index (χ0n) is 12.6. The fourth-order valence-electron chi connectivity index (χ4n) is 1.91. The summed E-state index contributed by atoms with van der Waals surface area (Å²) in [7, 11) is 1.34. The highest BCUT2D eigenvalue weighted by molar-refractivity contribution is 5.88. The number of nitrogens with zero attached hydrogens (tertiary/aromatic N) is 1. The van der Waals surface area contributed by atoms with E-state index in [-0.39, 0.29) is 11.5 Å². The minimum atomic E-state index is -0.391. The van der Waals surface area contributed by atoms with Crippen molar-refractivity contribution in [1.82, 2.24) is 10.3 Å². The lowest BCUT2D eigenvalue weighted by molar-refractivity contribution is 0.0600. The van der Waals surface area contributed by atoms with Gasteiger partial charge in [0.05, 0.1) is 24.5 Å². The monoisotopic (exact) mass is 280 g/mol. The van der Waals surface area contributed by atoms with Crippen LogP contribution in [0.15, 0.2) is 18.3 Å². The van der Waals surface area contributed by atoms with Gasteiger partial charge >= 0.3 is 5.97 Å². The Morgan fingerprint density at radius 1 is 1.45 bits per heavy atom. The van der Waals surface area contributed by atoms with E-state index < -0.39 is 5.97 Å². The maximum Gasteiger partial charge on any atom is 0.339 e. The Hall–Kier alpha value is -1.46. The van der Waals surface area contributed by atoms with Crippen LogP contribution in [-0.4, -0.2) is 35.8 Å². The summed E-state index contributed by atoms with van der Waals surface area (Å²) in [6, 6.07) is 3.46. The number of hydrogen-bond acceptors (Lipinski definition) is 5. The summed E-state index contributed by atoms with van der Waals surface area (Å²) >= 11 is 0. The quantitative estimate of drug-likeness (QED) is 0.777. The molecule has 112 valence electrons. The van der Waals surface area contributed by atoms with Gasteiger partial charge in [0.25, 0.3) is 0 Å². The second kappa shape index (κ2) is 7.36. The van der Waals surface area contributed by atoms with Crippen LogP contribution in [-0.2, 0) is 11.3 Å². The number of aliphatic hydroxyl groups excluding tert-OH is 1. The van der Waals surface area contributed by atoms with Gasteiger partial charge in [-0.1, -0.05) is 20.8 Å². The van der Waals surface area contributed by atoms with E-state index in [1.807, 2.05) is 0 Å². The summed E-state index contributed by atoms with van der Waals surface area (Å²) in [6.07, 6.45) is 1.87. The van der Waals surface area contributed by atoms with Crippen LogP contribution in [0.3, 0.4) is 0 Å². The summed E-state index contributed by atoms with van der Waals surface area (Å²) in [5, 5.41) is 13.0. The van der Waals surface area contributed by atoms with E-state index in [0.717, 1.165) is 12.1 Å². The molecule has 0 aliphatic rings. The molecule has 5 nitrogen and oxygen atoms in total. The first-order chi connectivity index (χ1) is 9.31. The second-order valence-electron chi connectivity index (χ2n) is 6.08. The van der Waals surface area contributed by atoms with E-state index in [1.165, 1.54) is 13.3 Å². The average molecular weight is 280 g/mol. The molecule has 1 rings (SSSR count). The Bertz CT molecular complexity index is 424. The van der Waals surface area contributed by atoms with Crippen LogP contribution < -0.4 is 5.32 Å². The molecule has 0 saturated heterocycles. The van der Waals surface area contributed by atoms with Gasteiger partial charge in [-0.15, -0.1) is 0 Å². The molecule has 0 amide bonds. The van der Waals surface area contributed by atoms with E-state index in [4.69, 9.17) is 0 Å². The first-order valence-corrected chi connectivity index (χ1v) is 6.74. The highest BCUT2D eigenvalue weighted by Crippen LogP contribution is 2.20. The zero-order valence-corrected chi connectivity index (χ0v) is 12.6. The third kappa shape index (κ3) is 6.12. The van der Waals surface area contributed by atoms with E-state index in [2.05, 4.69) is 35.8 Å². The van der Waals surface area contributed by atoms with E-state index >= 15 is 0 Å². The van der Waals surface area contributed by atoms with Crippen LogP contribution in [0, 0.1) is 5.41 Å². The Balaban J connectivity index is 2.37. The van der Waals surface area contributed by atoms with Crippen LogP contribution >= 0.6 is 0 Å². The highest BCUT2D eigenvalue weighted by Gasteiger charge is 2.16. The van der Waals surface area contributed by atoms with Crippen LogP contribution in [0.1, 0.15) is 43.2 Å². The lowest BCUT2D eigenvalue weighted by Crippen LogP contribution is -2.30. The first kappa shape index (κ1) is 16.6. The largest absolute Gasteiger partial charge is 0.465 e. The van der Waals surface area contributed by atoms with E-state index in [9.17, 15) is 9.90 Å². The number of rotatable bonds is 6. The van der Waals surface area contributed by atoms with Gasteiger partial charge in [-0.05, 0) is 24.0 Å². The van der Waals surface area contributed by atoms with E-state index in [1.54, 1.807) is 12.1 Å². The predicted octanol–water partition coefficient (Wildman–Crippen LogP) is 1.75. The molecule has 2 N–H and O–H groups in total. The topological polar surface area (TPSA) is 71.5 Å². The summed E-state index contributed by atoms with van der Waals surface area (Å²) in [5.41, 5.74) is 1.37. The van der Waals surface area contributed by atoms with Crippen molar-refractivity contribution >= 4 is 5.97 Å². The molecule has 1 aromatic rings.